The van der Waals surface area contributed by atoms with Crippen molar-refractivity contribution >= 4 is 17.4 Å². The van der Waals surface area contributed by atoms with E-state index in [2.05, 4.69) is 74.0 Å². The Kier molecular flexibility index (Phi) is 4.92. The standard InChI is InChI=1S/C17H21NS/c1-13(2)15-10-8-14(9-11-15)12-18-16-6-4-5-7-17(16)19-3/h4-11,13,18H,12H2,1-3H3. The Hall–Kier alpha value is -1.41. The van der Waals surface area contributed by atoms with Gasteiger partial charge in [0.25, 0.3) is 0 Å². The maximum Gasteiger partial charge on any atom is 0.0480 e. The molecule has 0 aliphatic rings. The molecule has 0 radical (unpaired) electrons. The number of rotatable bonds is 5. The number of hydrogen-bond acceptors (Lipinski definition) is 2. The fourth-order valence-corrected chi connectivity index (χ4v) is 2.58. The molecule has 2 heteroatoms. The molecule has 0 bridgehead atoms. The lowest BCUT2D eigenvalue weighted by Crippen LogP contribution is -2.00. The molecule has 0 saturated heterocycles. The monoisotopic (exact) mass is 271 g/mol. The van der Waals surface area contributed by atoms with Gasteiger partial charge in [-0.3, -0.25) is 0 Å². The van der Waals surface area contributed by atoms with E-state index in [1.807, 2.05) is 0 Å². The van der Waals surface area contributed by atoms with Gasteiger partial charge in [0.05, 0.1) is 0 Å². The largest absolute Gasteiger partial charge is 0.380 e. The van der Waals surface area contributed by atoms with Crippen molar-refractivity contribution in [3.63, 3.8) is 0 Å². The second-order valence-electron chi connectivity index (χ2n) is 4.95. The third kappa shape index (κ3) is 3.77. The van der Waals surface area contributed by atoms with Gasteiger partial charge in [0.1, 0.15) is 0 Å². The molecule has 1 nitrogen and oxygen atoms in total. The molecule has 19 heavy (non-hydrogen) atoms. The molecule has 0 aromatic heterocycles. The Bertz CT molecular complexity index is 517. The van der Waals surface area contributed by atoms with Crippen LogP contribution in [-0.2, 0) is 6.54 Å². The number of hydrogen-bond donors (Lipinski definition) is 1. The second-order valence-corrected chi connectivity index (χ2v) is 5.80. The van der Waals surface area contributed by atoms with Crippen LogP contribution in [0.25, 0.3) is 0 Å². The summed E-state index contributed by atoms with van der Waals surface area (Å²) in [5.41, 5.74) is 3.93. The molecule has 100 valence electrons. The molecule has 0 spiro atoms. The quantitative estimate of drug-likeness (QED) is 0.755. The lowest BCUT2D eigenvalue weighted by molar-refractivity contribution is 0.865. The maximum absolute atomic E-state index is 3.51. The number of thioether (sulfide) groups is 1. The van der Waals surface area contributed by atoms with Crippen molar-refractivity contribution in [2.75, 3.05) is 11.6 Å². The highest BCUT2D eigenvalue weighted by Gasteiger charge is 2.01. The van der Waals surface area contributed by atoms with Gasteiger partial charge in [-0.05, 0) is 35.4 Å². The van der Waals surface area contributed by atoms with Crippen LogP contribution in [0.1, 0.15) is 30.9 Å². The predicted octanol–water partition coefficient (Wildman–Crippen LogP) is 5.14. The minimum Gasteiger partial charge on any atom is -0.380 e. The van der Waals surface area contributed by atoms with Gasteiger partial charge < -0.3 is 5.32 Å². The Morgan fingerprint density at radius 1 is 1.00 bits per heavy atom. The smallest absolute Gasteiger partial charge is 0.0480 e. The highest BCUT2D eigenvalue weighted by atomic mass is 32.2. The Labute approximate surface area is 120 Å². The minimum atomic E-state index is 0.597. The summed E-state index contributed by atoms with van der Waals surface area (Å²) in [4.78, 5) is 1.29. The van der Waals surface area contributed by atoms with Crippen molar-refractivity contribution in [1.29, 1.82) is 0 Å². The highest BCUT2D eigenvalue weighted by molar-refractivity contribution is 7.98. The molecule has 0 aliphatic heterocycles. The lowest BCUT2D eigenvalue weighted by Gasteiger charge is -2.11. The SMILES string of the molecule is CSc1ccccc1NCc1ccc(C(C)C)cc1. The van der Waals surface area contributed by atoms with Crippen LogP contribution in [-0.4, -0.2) is 6.26 Å². The highest BCUT2D eigenvalue weighted by Crippen LogP contribution is 2.25. The Balaban J connectivity index is 2.02. The average molecular weight is 271 g/mol. The van der Waals surface area contributed by atoms with Crippen LogP contribution >= 0.6 is 11.8 Å². The molecule has 1 N–H and O–H groups in total. The fraction of sp³-hybridized carbons (Fsp3) is 0.294. The van der Waals surface area contributed by atoms with Gasteiger partial charge in [0, 0.05) is 17.1 Å². The first-order valence-corrected chi connectivity index (χ1v) is 7.89. The van der Waals surface area contributed by atoms with E-state index in [0.717, 1.165) is 6.54 Å². The molecule has 0 heterocycles. The molecule has 0 atom stereocenters. The van der Waals surface area contributed by atoms with E-state index in [9.17, 15) is 0 Å². The minimum absolute atomic E-state index is 0.597. The number of benzene rings is 2. The van der Waals surface area contributed by atoms with Crippen LogP contribution in [0.4, 0.5) is 5.69 Å². The molecule has 2 aromatic carbocycles. The van der Waals surface area contributed by atoms with Crippen LogP contribution < -0.4 is 5.32 Å². The predicted molar refractivity (Wildman–Crippen MR) is 86.1 cm³/mol. The molecular weight excluding hydrogens is 250 g/mol. The molecule has 0 fully saturated rings. The van der Waals surface area contributed by atoms with Crippen LogP contribution in [0, 0.1) is 0 Å². The molecule has 0 aliphatic carbocycles. The zero-order chi connectivity index (χ0) is 13.7. The summed E-state index contributed by atoms with van der Waals surface area (Å²) in [7, 11) is 0. The van der Waals surface area contributed by atoms with Crippen molar-refractivity contribution in [3.05, 3.63) is 59.7 Å². The fourth-order valence-electron chi connectivity index (χ4n) is 2.01. The lowest BCUT2D eigenvalue weighted by atomic mass is 10.0. The van der Waals surface area contributed by atoms with E-state index >= 15 is 0 Å². The van der Waals surface area contributed by atoms with Gasteiger partial charge >= 0.3 is 0 Å². The number of anilines is 1. The zero-order valence-corrected chi connectivity index (χ0v) is 12.6. The summed E-state index contributed by atoms with van der Waals surface area (Å²) in [6.45, 7) is 5.32. The molecular formula is C17H21NS. The third-order valence-electron chi connectivity index (χ3n) is 3.24. The number of para-hydroxylation sites is 1. The summed E-state index contributed by atoms with van der Waals surface area (Å²) in [6.07, 6.45) is 2.11. The van der Waals surface area contributed by atoms with Crippen molar-refractivity contribution in [1.82, 2.24) is 0 Å². The van der Waals surface area contributed by atoms with Gasteiger partial charge in [0.15, 0.2) is 0 Å². The average Bonchev–Trinajstić information content (AvgIpc) is 2.45. The van der Waals surface area contributed by atoms with Crippen LogP contribution in [0.2, 0.25) is 0 Å². The summed E-state index contributed by atoms with van der Waals surface area (Å²) in [5, 5.41) is 3.51. The summed E-state index contributed by atoms with van der Waals surface area (Å²) in [5.74, 6) is 0.597. The van der Waals surface area contributed by atoms with Gasteiger partial charge in [0.2, 0.25) is 0 Å². The van der Waals surface area contributed by atoms with E-state index in [1.54, 1.807) is 11.8 Å². The van der Waals surface area contributed by atoms with Gasteiger partial charge in [-0.2, -0.15) is 0 Å². The first-order chi connectivity index (χ1) is 9.20. The topological polar surface area (TPSA) is 12.0 Å². The van der Waals surface area contributed by atoms with Gasteiger partial charge in [-0.1, -0.05) is 50.2 Å². The summed E-state index contributed by atoms with van der Waals surface area (Å²) < 4.78 is 0. The van der Waals surface area contributed by atoms with Crippen LogP contribution in [0.15, 0.2) is 53.4 Å². The first kappa shape index (κ1) is 14.0. The van der Waals surface area contributed by atoms with E-state index < -0.39 is 0 Å². The third-order valence-corrected chi connectivity index (χ3v) is 4.03. The van der Waals surface area contributed by atoms with E-state index in [0.29, 0.717) is 5.92 Å². The van der Waals surface area contributed by atoms with Gasteiger partial charge in [-0.15, -0.1) is 11.8 Å². The van der Waals surface area contributed by atoms with Crippen molar-refractivity contribution < 1.29 is 0 Å². The van der Waals surface area contributed by atoms with E-state index in [4.69, 9.17) is 0 Å². The van der Waals surface area contributed by atoms with Gasteiger partial charge in [-0.25, -0.2) is 0 Å². The molecule has 0 amide bonds. The normalized spacial score (nSPS) is 10.7. The summed E-state index contributed by atoms with van der Waals surface area (Å²) in [6, 6.07) is 17.3. The van der Waals surface area contributed by atoms with Crippen molar-refractivity contribution in [3.8, 4) is 0 Å². The first-order valence-electron chi connectivity index (χ1n) is 6.66. The number of nitrogens with one attached hydrogen (secondary N) is 1. The van der Waals surface area contributed by atoms with E-state index in [1.165, 1.54) is 21.7 Å². The second kappa shape index (κ2) is 6.67. The molecule has 2 aromatic rings. The Morgan fingerprint density at radius 3 is 2.32 bits per heavy atom. The van der Waals surface area contributed by atoms with Crippen molar-refractivity contribution in [2.24, 2.45) is 0 Å². The Morgan fingerprint density at radius 2 is 1.68 bits per heavy atom. The molecule has 0 saturated carbocycles. The van der Waals surface area contributed by atoms with Crippen LogP contribution in [0.5, 0.6) is 0 Å². The van der Waals surface area contributed by atoms with Crippen LogP contribution in [0.3, 0.4) is 0 Å². The maximum atomic E-state index is 3.51. The molecule has 0 unspecified atom stereocenters. The van der Waals surface area contributed by atoms with E-state index in [-0.39, 0.29) is 0 Å². The summed E-state index contributed by atoms with van der Waals surface area (Å²) >= 11 is 1.77. The van der Waals surface area contributed by atoms with Crippen molar-refractivity contribution in [2.45, 2.75) is 31.2 Å². The molecule has 2 rings (SSSR count). The zero-order valence-electron chi connectivity index (χ0n) is 11.8.